The van der Waals surface area contributed by atoms with E-state index in [2.05, 4.69) is 61.4 Å². The minimum Gasteiger partial charge on any atom is -0.364 e. The molecule has 1 aliphatic carbocycles. The second kappa shape index (κ2) is 7.99. The van der Waals surface area contributed by atoms with E-state index in [-0.39, 0.29) is 11.1 Å². The number of primary amides is 1. The Morgan fingerprint density at radius 3 is 2.13 bits per heavy atom. The molecular weight excluding hydrogens is 386 g/mol. The van der Waals surface area contributed by atoms with Crippen molar-refractivity contribution in [3.63, 3.8) is 0 Å². The summed E-state index contributed by atoms with van der Waals surface area (Å²) in [5, 5.41) is 4.30. The molecule has 2 aromatic carbocycles. The molecule has 3 aromatic rings. The highest BCUT2D eigenvalue weighted by Crippen LogP contribution is 2.34. The monoisotopic (exact) mass is 413 g/mol. The van der Waals surface area contributed by atoms with Crippen LogP contribution in [0.3, 0.4) is 0 Å². The maximum atomic E-state index is 11.5. The SMILES string of the molecule is Cc1cc(C(N)=O)nn1-c1ccc(C(C)(C)c2ccc(C3=CCC(=O)CC3)cc2)cc1. The van der Waals surface area contributed by atoms with Crippen LogP contribution in [0.4, 0.5) is 0 Å². The van der Waals surface area contributed by atoms with Gasteiger partial charge in [-0.15, -0.1) is 0 Å². The molecule has 5 heteroatoms. The molecule has 5 nitrogen and oxygen atoms in total. The summed E-state index contributed by atoms with van der Waals surface area (Å²) in [6, 6.07) is 18.6. The minimum atomic E-state index is -0.529. The molecule has 0 spiro atoms. The van der Waals surface area contributed by atoms with E-state index in [1.54, 1.807) is 10.7 Å². The molecular formula is C26H27N3O2. The fourth-order valence-corrected chi connectivity index (χ4v) is 4.12. The van der Waals surface area contributed by atoms with Crippen LogP contribution in [0, 0.1) is 6.92 Å². The van der Waals surface area contributed by atoms with E-state index in [0.717, 1.165) is 17.8 Å². The topological polar surface area (TPSA) is 78.0 Å². The first-order valence-corrected chi connectivity index (χ1v) is 10.5. The number of hydrogen-bond donors (Lipinski definition) is 1. The number of hydrogen-bond acceptors (Lipinski definition) is 3. The summed E-state index contributed by atoms with van der Waals surface area (Å²) in [7, 11) is 0. The van der Waals surface area contributed by atoms with Gasteiger partial charge in [-0.3, -0.25) is 9.59 Å². The van der Waals surface area contributed by atoms with Crippen LogP contribution in [0.5, 0.6) is 0 Å². The van der Waals surface area contributed by atoms with Crippen LogP contribution < -0.4 is 5.73 Å². The Hall–Kier alpha value is -3.47. The number of rotatable bonds is 5. The molecule has 0 bridgehead atoms. The van der Waals surface area contributed by atoms with Gasteiger partial charge in [-0.1, -0.05) is 56.3 Å². The third-order valence-corrected chi connectivity index (χ3v) is 6.20. The lowest BCUT2D eigenvalue weighted by Gasteiger charge is -2.27. The number of carbonyl (C=O) groups excluding carboxylic acids is 2. The molecule has 0 saturated heterocycles. The van der Waals surface area contributed by atoms with Crippen molar-refractivity contribution in [2.24, 2.45) is 5.73 Å². The quantitative estimate of drug-likeness (QED) is 0.656. The second-order valence-corrected chi connectivity index (χ2v) is 8.67. The van der Waals surface area contributed by atoms with Crippen molar-refractivity contribution < 1.29 is 9.59 Å². The van der Waals surface area contributed by atoms with Gasteiger partial charge < -0.3 is 5.73 Å². The lowest BCUT2D eigenvalue weighted by Crippen LogP contribution is -2.19. The van der Waals surface area contributed by atoms with Gasteiger partial charge in [0.25, 0.3) is 5.91 Å². The molecule has 2 N–H and O–H groups in total. The smallest absolute Gasteiger partial charge is 0.269 e. The zero-order valence-electron chi connectivity index (χ0n) is 18.2. The Kier molecular flexibility index (Phi) is 5.36. The van der Waals surface area contributed by atoms with Crippen molar-refractivity contribution in [1.29, 1.82) is 0 Å². The van der Waals surface area contributed by atoms with Crippen molar-refractivity contribution >= 4 is 17.3 Å². The van der Waals surface area contributed by atoms with Gasteiger partial charge in [0, 0.05) is 24.0 Å². The lowest BCUT2D eigenvalue weighted by molar-refractivity contribution is -0.118. The second-order valence-electron chi connectivity index (χ2n) is 8.67. The zero-order chi connectivity index (χ0) is 22.2. The van der Waals surface area contributed by atoms with Crippen LogP contribution in [0.15, 0.2) is 60.7 Å². The average Bonchev–Trinajstić information content (AvgIpc) is 3.16. The van der Waals surface area contributed by atoms with Gasteiger partial charge in [0.05, 0.1) is 5.69 Å². The number of allylic oxidation sites excluding steroid dienone is 2. The number of aromatic nitrogens is 2. The third kappa shape index (κ3) is 4.08. The minimum absolute atomic E-state index is 0.175. The Balaban J connectivity index is 1.57. The van der Waals surface area contributed by atoms with E-state index in [9.17, 15) is 9.59 Å². The molecule has 1 aromatic heterocycles. The van der Waals surface area contributed by atoms with Gasteiger partial charge in [-0.2, -0.15) is 5.10 Å². The van der Waals surface area contributed by atoms with Crippen molar-refractivity contribution in [2.45, 2.75) is 45.4 Å². The number of Topliss-reactive ketones (excluding diaryl/α,β-unsaturated/α-hetero) is 1. The standard InChI is InChI=1S/C26H27N3O2/c1-17-16-24(25(27)31)28-29(17)22-12-10-21(11-13-22)26(2,3)20-8-4-18(5-9-20)19-6-14-23(30)15-7-19/h4-6,8-13,16H,7,14-15H2,1-3H3,(H2,27,31). The molecule has 4 rings (SSSR count). The van der Waals surface area contributed by atoms with Crippen LogP contribution in [-0.4, -0.2) is 21.5 Å². The Morgan fingerprint density at radius 1 is 1.00 bits per heavy atom. The van der Waals surface area contributed by atoms with Crippen molar-refractivity contribution in [2.75, 3.05) is 0 Å². The Morgan fingerprint density at radius 2 is 1.61 bits per heavy atom. The fourth-order valence-electron chi connectivity index (χ4n) is 4.12. The van der Waals surface area contributed by atoms with Crippen LogP contribution in [0.1, 0.15) is 66.0 Å². The highest BCUT2D eigenvalue weighted by atomic mass is 16.1. The normalized spacial score (nSPS) is 14.4. The average molecular weight is 414 g/mol. The predicted molar refractivity (Wildman–Crippen MR) is 122 cm³/mol. The van der Waals surface area contributed by atoms with E-state index < -0.39 is 5.91 Å². The third-order valence-electron chi connectivity index (χ3n) is 6.20. The number of nitrogens with zero attached hydrogens (tertiary/aromatic N) is 2. The summed E-state index contributed by atoms with van der Waals surface area (Å²) >= 11 is 0. The first kappa shape index (κ1) is 20.8. The van der Waals surface area contributed by atoms with Crippen molar-refractivity contribution in [3.8, 4) is 5.69 Å². The Bertz CT molecular complexity index is 1170. The number of aryl methyl sites for hydroxylation is 1. The summed E-state index contributed by atoms with van der Waals surface area (Å²) < 4.78 is 1.73. The highest BCUT2D eigenvalue weighted by molar-refractivity contribution is 5.91. The molecule has 0 radical (unpaired) electrons. The first-order chi connectivity index (χ1) is 14.8. The van der Waals surface area contributed by atoms with Gasteiger partial charge >= 0.3 is 0 Å². The largest absolute Gasteiger partial charge is 0.364 e. The van der Waals surface area contributed by atoms with Gasteiger partial charge in [0.15, 0.2) is 5.69 Å². The summed E-state index contributed by atoms with van der Waals surface area (Å²) in [6.45, 7) is 6.32. The molecule has 0 fully saturated rings. The zero-order valence-corrected chi connectivity index (χ0v) is 18.2. The molecule has 158 valence electrons. The highest BCUT2D eigenvalue weighted by Gasteiger charge is 2.23. The summed E-state index contributed by atoms with van der Waals surface area (Å²) in [5.41, 5.74) is 12.1. The molecule has 0 atom stereocenters. The summed E-state index contributed by atoms with van der Waals surface area (Å²) in [6.07, 6.45) is 4.08. The van der Waals surface area contributed by atoms with Crippen LogP contribution in [-0.2, 0) is 10.2 Å². The number of benzene rings is 2. The van der Waals surface area contributed by atoms with E-state index in [1.165, 1.54) is 22.3 Å². The first-order valence-electron chi connectivity index (χ1n) is 10.5. The van der Waals surface area contributed by atoms with Gasteiger partial charge in [-0.05, 0) is 53.8 Å². The molecule has 1 aliphatic rings. The molecule has 1 amide bonds. The van der Waals surface area contributed by atoms with Crippen LogP contribution >= 0.6 is 0 Å². The van der Waals surface area contributed by atoms with E-state index in [0.29, 0.717) is 18.6 Å². The van der Waals surface area contributed by atoms with Crippen molar-refractivity contribution in [1.82, 2.24) is 9.78 Å². The maximum absolute atomic E-state index is 11.5. The molecule has 0 aliphatic heterocycles. The number of ketones is 1. The van der Waals surface area contributed by atoms with Gasteiger partial charge in [-0.25, -0.2) is 4.68 Å². The fraction of sp³-hybridized carbons (Fsp3) is 0.269. The number of amides is 1. The summed E-state index contributed by atoms with van der Waals surface area (Å²) in [4.78, 5) is 22.9. The predicted octanol–water partition coefficient (Wildman–Crippen LogP) is 4.74. The maximum Gasteiger partial charge on any atom is 0.269 e. The van der Waals surface area contributed by atoms with E-state index >= 15 is 0 Å². The molecule has 1 heterocycles. The van der Waals surface area contributed by atoms with E-state index in [1.807, 2.05) is 19.1 Å². The molecule has 0 saturated carbocycles. The van der Waals surface area contributed by atoms with Gasteiger partial charge in [0.2, 0.25) is 0 Å². The number of carbonyl (C=O) groups is 2. The summed E-state index contributed by atoms with van der Waals surface area (Å²) in [5.74, 6) is -0.209. The van der Waals surface area contributed by atoms with E-state index in [4.69, 9.17) is 5.73 Å². The van der Waals surface area contributed by atoms with Gasteiger partial charge in [0.1, 0.15) is 5.78 Å². The Labute approximate surface area is 182 Å². The molecule has 0 unspecified atom stereocenters. The van der Waals surface area contributed by atoms with Crippen molar-refractivity contribution in [3.05, 3.63) is 88.8 Å². The lowest BCUT2D eigenvalue weighted by atomic mass is 9.77. The van der Waals surface area contributed by atoms with Crippen LogP contribution in [0.2, 0.25) is 0 Å². The number of nitrogens with two attached hydrogens (primary N) is 1. The van der Waals surface area contributed by atoms with Crippen LogP contribution in [0.25, 0.3) is 11.3 Å². The molecule has 31 heavy (non-hydrogen) atoms.